The first-order chi connectivity index (χ1) is 7.60. The second kappa shape index (κ2) is 5.90. The second-order valence-electron chi connectivity index (χ2n) is 4.62. The van der Waals surface area contributed by atoms with Crippen molar-refractivity contribution in [1.29, 1.82) is 0 Å². The van der Waals surface area contributed by atoms with Gasteiger partial charge >= 0.3 is 0 Å². The van der Waals surface area contributed by atoms with E-state index < -0.39 is 0 Å². The van der Waals surface area contributed by atoms with E-state index in [1.165, 1.54) is 16.8 Å². The molecule has 1 aromatic rings. The molecule has 16 heavy (non-hydrogen) atoms. The fourth-order valence-electron chi connectivity index (χ4n) is 2.01. The molecule has 0 radical (unpaired) electrons. The average Bonchev–Trinajstić information content (AvgIpc) is 2.25. The summed E-state index contributed by atoms with van der Waals surface area (Å²) < 4.78 is 0. The Morgan fingerprint density at radius 2 is 2.00 bits per heavy atom. The predicted octanol–water partition coefficient (Wildman–Crippen LogP) is 3.08. The third kappa shape index (κ3) is 2.99. The summed E-state index contributed by atoms with van der Waals surface area (Å²) in [6.45, 7) is 10.5. The van der Waals surface area contributed by atoms with Crippen LogP contribution in [-0.4, -0.2) is 12.6 Å². The molecule has 0 saturated heterocycles. The molecule has 90 valence electrons. The molecule has 2 nitrogen and oxygen atoms in total. The van der Waals surface area contributed by atoms with Crippen LogP contribution in [0.4, 0.5) is 5.69 Å². The summed E-state index contributed by atoms with van der Waals surface area (Å²) >= 11 is 0. The molecule has 0 aliphatic heterocycles. The summed E-state index contributed by atoms with van der Waals surface area (Å²) in [5, 5.41) is 0. The first kappa shape index (κ1) is 13.0. The second-order valence-corrected chi connectivity index (χ2v) is 4.62. The molecule has 0 bridgehead atoms. The van der Waals surface area contributed by atoms with Gasteiger partial charge in [-0.05, 0) is 44.4 Å². The number of hydrogen-bond acceptors (Lipinski definition) is 2. The molecule has 0 fully saturated rings. The maximum Gasteiger partial charge on any atom is 0.0416 e. The molecule has 2 heteroatoms. The van der Waals surface area contributed by atoms with E-state index in [1.54, 1.807) is 0 Å². The Balaban J connectivity index is 3.10. The van der Waals surface area contributed by atoms with E-state index in [9.17, 15) is 0 Å². The van der Waals surface area contributed by atoms with Gasteiger partial charge in [0.1, 0.15) is 0 Å². The van der Waals surface area contributed by atoms with Crippen molar-refractivity contribution in [2.45, 2.75) is 46.7 Å². The predicted molar refractivity (Wildman–Crippen MR) is 71.8 cm³/mol. The molecular weight excluding hydrogens is 196 g/mol. The number of anilines is 1. The topological polar surface area (TPSA) is 29.3 Å². The number of nitrogens with two attached hydrogens (primary N) is 1. The Labute approximate surface area is 99.5 Å². The number of benzene rings is 1. The third-order valence-corrected chi connectivity index (χ3v) is 2.86. The number of nitrogens with zero attached hydrogens (tertiary/aromatic N) is 1. The molecule has 0 aliphatic carbocycles. The van der Waals surface area contributed by atoms with Crippen molar-refractivity contribution >= 4 is 5.69 Å². The van der Waals surface area contributed by atoms with Crippen molar-refractivity contribution in [3.63, 3.8) is 0 Å². The molecule has 0 aliphatic rings. The number of rotatable bonds is 5. The molecule has 0 aromatic heterocycles. The van der Waals surface area contributed by atoms with E-state index in [-0.39, 0.29) is 0 Å². The summed E-state index contributed by atoms with van der Waals surface area (Å²) in [4.78, 5) is 2.44. The molecular formula is C14H24N2. The van der Waals surface area contributed by atoms with Crippen LogP contribution >= 0.6 is 0 Å². The SMILES string of the molecule is CCCN(c1cc(C)ccc1CN)C(C)C. The van der Waals surface area contributed by atoms with Crippen LogP contribution in [0.5, 0.6) is 0 Å². The summed E-state index contributed by atoms with van der Waals surface area (Å²) in [7, 11) is 0. The normalized spacial score (nSPS) is 10.9. The Morgan fingerprint density at radius 3 is 2.50 bits per heavy atom. The fourth-order valence-corrected chi connectivity index (χ4v) is 2.01. The molecule has 1 rings (SSSR count). The monoisotopic (exact) mass is 220 g/mol. The lowest BCUT2D eigenvalue weighted by atomic mass is 10.1. The summed E-state index contributed by atoms with van der Waals surface area (Å²) in [6.07, 6.45) is 1.16. The Morgan fingerprint density at radius 1 is 1.31 bits per heavy atom. The van der Waals surface area contributed by atoms with E-state index in [1.807, 2.05) is 0 Å². The Hall–Kier alpha value is -1.02. The molecule has 0 spiro atoms. The molecule has 0 atom stereocenters. The number of aryl methyl sites for hydroxylation is 1. The van der Waals surface area contributed by atoms with Gasteiger partial charge in [-0.25, -0.2) is 0 Å². The van der Waals surface area contributed by atoms with Crippen molar-refractivity contribution in [3.05, 3.63) is 29.3 Å². The summed E-state index contributed by atoms with van der Waals surface area (Å²) in [5.41, 5.74) is 9.66. The minimum absolute atomic E-state index is 0.520. The highest BCUT2D eigenvalue weighted by Gasteiger charge is 2.12. The maximum atomic E-state index is 5.81. The van der Waals surface area contributed by atoms with E-state index >= 15 is 0 Å². The number of hydrogen-bond donors (Lipinski definition) is 1. The van der Waals surface area contributed by atoms with Crippen molar-refractivity contribution in [2.75, 3.05) is 11.4 Å². The Bertz CT molecular complexity index is 332. The highest BCUT2D eigenvalue weighted by atomic mass is 15.2. The van der Waals surface area contributed by atoms with Gasteiger partial charge in [0.2, 0.25) is 0 Å². The Kier molecular flexibility index (Phi) is 4.81. The highest BCUT2D eigenvalue weighted by Crippen LogP contribution is 2.24. The molecule has 0 amide bonds. The van der Waals surface area contributed by atoms with Gasteiger partial charge in [0, 0.05) is 24.8 Å². The van der Waals surface area contributed by atoms with Crippen LogP contribution < -0.4 is 10.6 Å². The van der Waals surface area contributed by atoms with Crippen LogP contribution in [0.25, 0.3) is 0 Å². The molecule has 1 aromatic carbocycles. The fraction of sp³-hybridized carbons (Fsp3) is 0.571. The van der Waals surface area contributed by atoms with Crippen molar-refractivity contribution in [3.8, 4) is 0 Å². The van der Waals surface area contributed by atoms with E-state index in [4.69, 9.17) is 5.73 Å². The van der Waals surface area contributed by atoms with Gasteiger partial charge in [-0.2, -0.15) is 0 Å². The van der Waals surface area contributed by atoms with E-state index in [0.717, 1.165) is 13.0 Å². The quantitative estimate of drug-likeness (QED) is 0.826. The highest BCUT2D eigenvalue weighted by molar-refractivity contribution is 5.56. The molecule has 2 N–H and O–H groups in total. The van der Waals surface area contributed by atoms with Crippen LogP contribution in [-0.2, 0) is 6.54 Å². The van der Waals surface area contributed by atoms with Crippen LogP contribution in [0.2, 0.25) is 0 Å². The molecule has 0 heterocycles. The minimum atomic E-state index is 0.520. The van der Waals surface area contributed by atoms with Gasteiger partial charge in [-0.1, -0.05) is 19.1 Å². The van der Waals surface area contributed by atoms with Crippen LogP contribution in [0.3, 0.4) is 0 Å². The lowest BCUT2D eigenvalue weighted by Gasteiger charge is -2.31. The van der Waals surface area contributed by atoms with Gasteiger partial charge < -0.3 is 10.6 Å². The first-order valence-electron chi connectivity index (χ1n) is 6.16. The zero-order chi connectivity index (χ0) is 12.1. The van der Waals surface area contributed by atoms with Gasteiger partial charge in [0.15, 0.2) is 0 Å². The zero-order valence-electron chi connectivity index (χ0n) is 11.0. The van der Waals surface area contributed by atoms with E-state index in [0.29, 0.717) is 12.6 Å². The van der Waals surface area contributed by atoms with Gasteiger partial charge in [-0.15, -0.1) is 0 Å². The van der Waals surface area contributed by atoms with Crippen molar-refractivity contribution in [2.24, 2.45) is 5.73 Å². The lowest BCUT2D eigenvalue weighted by molar-refractivity contribution is 0.667. The average molecular weight is 220 g/mol. The van der Waals surface area contributed by atoms with Gasteiger partial charge in [-0.3, -0.25) is 0 Å². The zero-order valence-corrected chi connectivity index (χ0v) is 11.0. The van der Waals surface area contributed by atoms with Gasteiger partial charge in [0.25, 0.3) is 0 Å². The first-order valence-corrected chi connectivity index (χ1v) is 6.16. The van der Waals surface area contributed by atoms with Crippen LogP contribution in [0.15, 0.2) is 18.2 Å². The lowest BCUT2D eigenvalue weighted by Crippen LogP contribution is -2.32. The van der Waals surface area contributed by atoms with Crippen LogP contribution in [0, 0.1) is 6.92 Å². The van der Waals surface area contributed by atoms with Crippen LogP contribution in [0.1, 0.15) is 38.3 Å². The van der Waals surface area contributed by atoms with Crippen molar-refractivity contribution in [1.82, 2.24) is 0 Å². The van der Waals surface area contributed by atoms with E-state index in [2.05, 4.69) is 50.8 Å². The summed E-state index contributed by atoms with van der Waals surface area (Å²) in [6, 6.07) is 7.05. The molecule has 0 unspecified atom stereocenters. The van der Waals surface area contributed by atoms with Crippen molar-refractivity contribution < 1.29 is 0 Å². The maximum absolute atomic E-state index is 5.81. The smallest absolute Gasteiger partial charge is 0.0416 e. The minimum Gasteiger partial charge on any atom is -0.369 e. The standard InChI is InChI=1S/C14H24N2/c1-5-8-16(11(2)3)14-9-12(4)6-7-13(14)10-15/h6-7,9,11H,5,8,10,15H2,1-4H3. The third-order valence-electron chi connectivity index (χ3n) is 2.86. The largest absolute Gasteiger partial charge is 0.369 e. The van der Waals surface area contributed by atoms with Gasteiger partial charge in [0.05, 0.1) is 0 Å². The molecule has 0 saturated carbocycles. The summed E-state index contributed by atoms with van der Waals surface area (Å²) in [5.74, 6) is 0.